The highest BCUT2D eigenvalue weighted by Gasteiger charge is 2.41. The number of methoxy groups -OCH3 is 1. The Hall–Kier alpha value is -4.58. The molecule has 0 spiro atoms. The summed E-state index contributed by atoms with van der Waals surface area (Å²) in [6, 6.07) is 8.46. The molecule has 1 aromatic heterocycles. The summed E-state index contributed by atoms with van der Waals surface area (Å²) < 4.78 is 17.5. The molecule has 0 aliphatic carbocycles. The van der Waals surface area contributed by atoms with Gasteiger partial charge in [-0.25, -0.2) is 4.98 Å². The number of phenolic OH excluding ortho intramolecular Hbond substituents is 1. The van der Waals surface area contributed by atoms with Gasteiger partial charge in [0.1, 0.15) is 23.5 Å². The third-order valence-corrected chi connectivity index (χ3v) is 7.75. The number of fused-ring (bicyclic) bond motifs is 9. The fourth-order valence-electron chi connectivity index (χ4n) is 5.45. The van der Waals surface area contributed by atoms with Crippen molar-refractivity contribution >= 4 is 17.7 Å². The summed E-state index contributed by atoms with van der Waals surface area (Å²) >= 11 is 0. The second-order valence-electron chi connectivity index (χ2n) is 10.8. The van der Waals surface area contributed by atoms with E-state index in [1.807, 2.05) is 6.92 Å². The number of rotatable bonds is 3. The number of ether oxygens (including phenoxy) is 2. The third-order valence-electron chi connectivity index (χ3n) is 7.75. The molecule has 3 aliphatic heterocycles. The molecule has 228 valence electrons. The Morgan fingerprint density at radius 3 is 2.72 bits per heavy atom. The van der Waals surface area contributed by atoms with Gasteiger partial charge in [0.05, 0.1) is 13.7 Å². The van der Waals surface area contributed by atoms with E-state index in [0.29, 0.717) is 60.3 Å². The minimum Gasteiger partial charge on any atom is -0.504 e. The predicted octanol–water partition coefficient (Wildman–Crippen LogP) is 2.80. The number of phenols is 1. The van der Waals surface area contributed by atoms with Crippen LogP contribution in [0.4, 0.5) is 0 Å². The van der Waals surface area contributed by atoms with Crippen molar-refractivity contribution in [3.63, 3.8) is 0 Å². The normalized spacial score (nSPS) is 21.3. The SMILES string of the molecule is CCN[C@H]1C[C@H]2C(=O)NCc3nc(oc3C)-c3ccc(c(OC)c3)Oc3cc(ccc3O)CCC(=O)N[C@H](C)C(=O)N2C1. The molecule has 3 aromatic rings. The lowest BCUT2D eigenvalue weighted by Gasteiger charge is -2.27. The maximum atomic E-state index is 13.5. The van der Waals surface area contributed by atoms with Crippen molar-refractivity contribution < 1.29 is 33.4 Å². The minimum atomic E-state index is -0.824. The van der Waals surface area contributed by atoms with E-state index in [0.717, 1.165) is 5.56 Å². The summed E-state index contributed by atoms with van der Waals surface area (Å²) in [5.74, 6) is 0.829. The van der Waals surface area contributed by atoms with Gasteiger partial charge in [0, 0.05) is 24.6 Å². The standard InChI is InChI=1S/C31H37N5O7/c1-5-32-21-14-23-29(39)33-15-22-18(3)42-30(35-22)20-8-10-25(27(13-20)41-4)43-26-12-19(6-9-24(26)37)7-11-28(38)34-17(2)31(40)36(23)16-21/h6,8-10,12-13,17,21,23,32,37H,5,7,11,14-16H2,1-4H3,(H,33,39)(H,34,38)/t17-,21+,23+/m1/s1. The first-order valence-corrected chi connectivity index (χ1v) is 14.4. The highest BCUT2D eigenvalue weighted by molar-refractivity contribution is 5.92. The smallest absolute Gasteiger partial charge is 0.245 e. The van der Waals surface area contributed by atoms with Gasteiger partial charge in [-0.05, 0) is 69.1 Å². The Kier molecular flexibility index (Phi) is 8.86. The molecular formula is C31H37N5O7. The quantitative estimate of drug-likeness (QED) is 0.360. The topological polar surface area (TPSA) is 155 Å². The van der Waals surface area contributed by atoms with Crippen LogP contribution < -0.4 is 25.4 Å². The molecule has 6 bridgehead atoms. The zero-order valence-electron chi connectivity index (χ0n) is 24.7. The van der Waals surface area contributed by atoms with E-state index in [2.05, 4.69) is 20.9 Å². The molecule has 12 nitrogen and oxygen atoms in total. The van der Waals surface area contributed by atoms with Crippen molar-refractivity contribution in [2.24, 2.45) is 0 Å². The number of carbonyl (C=O) groups excluding carboxylic acids is 3. The Morgan fingerprint density at radius 1 is 1.14 bits per heavy atom. The Morgan fingerprint density at radius 2 is 1.95 bits per heavy atom. The first-order chi connectivity index (χ1) is 20.7. The maximum absolute atomic E-state index is 13.5. The molecule has 3 amide bonds. The summed E-state index contributed by atoms with van der Waals surface area (Å²) in [6.45, 7) is 6.52. The van der Waals surface area contributed by atoms with E-state index in [-0.39, 0.29) is 48.2 Å². The second kappa shape index (κ2) is 12.7. The number of likely N-dealkylation sites (N-methyl/N-ethyl adjacent to an activating group) is 1. The number of hydrogen-bond acceptors (Lipinski definition) is 9. The van der Waals surface area contributed by atoms with Crippen LogP contribution in [0.1, 0.15) is 43.7 Å². The number of aryl methyl sites for hydroxylation is 2. The summed E-state index contributed by atoms with van der Waals surface area (Å²) in [5, 5.41) is 19.5. The number of nitrogens with one attached hydrogen (secondary N) is 3. The fourth-order valence-corrected chi connectivity index (χ4v) is 5.45. The van der Waals surface area contributed by atoms with Gasteiger partial charge in [-0.1, -0.05) is 13.0 Å². The van der Waals surface area contributed by atoms with Crippen LogP contribution >= 0.6 is 0 Å². The van der Waals surface area contributed by atoms with Gasteiger partial charge >= 0.3 is 0 Å². The van der Waals surface area contributed by atoms with E-state index in [4.69, 9.17) is 13.9 Å². The van der Waals surface area contributed by atoms with Gasteiger partial charge in [-0.15, -0.1) is 0 Å². The molecule has 0 unspecified atom stereocenters. The number of aromatic nitrogens is 1. The highest BCUT2D eigenvalue weighted by Crippen LogP contribution is 2.39. The molecule has 12 heteroatoms. The van der Waals surface area contributed by atoms with Crippen molar-refractivity contribution in [2.75, 3.05) is 20.2 Å². The average Bonchev–Trinajstić information content (AvgIpc) is 3.59. The van der Waals surface area contributed by atoms with Crippen LogP contribution in [-0.4, -0.2) is 71.0 Å². The molecule has 1 fully saturated rings. The monoisotopic (exact) mass is 591 g/mol. The van der Waals surface area contributed by atoms with Crippen LogP contribution in [0.15, 0.2) is 40.8 Å². The summed E-state index contributed by atoms with van der Waals surface area (Å²) in [6.07, 6.45) is 0.912. The fraction of sp³-hybridized carbons (Fsp3) is 0.419. The predicted molar refractivity (Wildman–Crippen MR) is 157 cm³/mol. The molecule has 3 atom stereocenters. The largest absolute Gasteiger partial charge is 0.504 e. The maximum Gasteiger partial charge on any atom is 0.245 e. The molecule has 2 aromatic carbocycles. The number of carbonyl (C=O) groups is 3. The molecule has 4 heterocycles. The number of nitrogens with zero attached hydrogens (tertiary/aromatic N) is 2. The second-order valence-corrected chi connectivity index (χ2v) is 10.8. The summed E-state index contributed by atoms with van der Waals surface area (Å²) in [7, 11) is 1.51. The van der Waals surface area contributed by atoms with Gasteiger partial charge in [0.2, 0.25) is 23.6 Å². The van der Waals surface area contributed by atoms with Crippen LogP contribution in [0.5, 0.6) is 23.0 Å². The van der Waals surface area contributed by atoms with E-state index >= 15 is 0 Å². The lowest BCUT2D eigenvalue weighted by Crippen LogP contribution is -2.52. The third kappa shape index (κ3) is 6.59. The van der Waals surface area contributed by atoms with Crippen molar-refractivity contribution in [3.8, 4) is 34.5 Å². The van der Waals surface area contributed by atoms with Crippen LogP contribution in [0.3, 0.4) is 0 Å². The van der Waals surface area contributed by atoms with Gasteiger partial charge < -0.3 is 39.8 Å². The first kappa shape index (κ1) is 29.9. The van der Waals surface area contributed by atoms with Crippen LogP contribution in [0.25, 0.3) is 11.5 Å². The zero-order chi connectivity index (χ0) is 30.7. The van der Waals surface area contributed by atoms with Crippen molar-refractivity contribution in [1.29, 1.82) is 0 Å². The van der Waals surface area contributed by atoms with Crippen LogP contribution in [-0.2, 0) is 27.3 Å². The van der Waals surface area contributed by atoms with E-state index in [9.17, 15) is 19.5 Å². The number of hydrogen-bond donors (Lipinski definition) is 4. The van der Waals surface area contributed by atoms with Gasteiger partial charge in [-0.3, -0.25) is 14.4 Å². The Bertz CT molecular complexity index is 1520. The van der Waals surface area contributed by atoms with E-state index in [1.54, 1.807) is 44.2 Å². The van der Waals surface area contributed by atoms with E-state index < -0.39 is 12.1 Å². The van der Waals surface area contributed by atoms with Crippen molar-refractivity contribution in [2.45, 2.75) is 64.7 Å². The Labute approximate surface area is 249 Å². The molecule has 4 N–H and O–H groups in total. The number of aromatic hydroxyl groups is 1. The minimum absolute atomic E-state index is 0.0497. The summed E-state index contributed by atoms with van der Waals surface area (Å²) in [4.78, 5) is 45.9. The molecule has 1 saturated heterocycles. The van der Waals surface area contributed by atoms with Crippen LogP contribution in [0, 0.1) is 6.92 Å². The lowest BCUT2D eigenvalue weighted by molar-refractivity contribution is -0.141. The molecule has 3 aliphatic rings. The van der Waals surface area contributed by atoms with Gasteiger partial charge in [-0.2, -0.15) is 0 Å². The lowest BCUT2D eigenvalue weighted by atomic mass is 10.1. The molecule has 6 rings (SSSR count). The highest BCUT2D eigenvalue weighted by atomic mass is 16.5. The summed E-state index contributed by atoms with van der Waals surface area (Å²) in [5.41, 5.74) is 1.93. The molecule has 0 radical (unpaired) electrons. The number of amides is 3. The number of oxazole rings is 1. The number of benzene rings is 2. The van der Waals surface area contributed by atoms with Crippen LogP contribution in [0.2, 0.25) is 0 Å². The van der Waals surface area contributed by atoms with E-state index in [1.165, 1.54) is 18.1 Å². The van der Waals surface area contributed by atoms with Crippen molar-refractivity contribution in [3.05, 3.63) is 53.4 Å². The van der Waals surface area contributed by atoms with Gasteiger partial charge in [0.15, 0.2) is 23.0 Å². The first-order valence-electron chi connectivity index (χ1n) is 14.4. The van der Waals surface area contributed by atoms with Gasteiger partial charge in [0.25, 0.3) is 0 Å². The van der Waals surface area contributed by atoms with Crippen molar-refractivity contribution in [1.82, 2.24) is 25.8 Å². The average molecular weight is 592 g/mol. The zero-order valence-corrected chi connectivity index (χ0v) is 24.7. The Balaban J connectivity index is 1.48. The molecule has 0 saturated carbocycles. The molecular weight excluding hydrogens is 554 g/mol. The molecule has 43 heavy (non-hydrogen) atoms.